The molecule has 2 atom stereocenters. The van der Waals surface area contributed by atoms with Gasteiger partial charge in [-0.25, -0.2) is 0 Å². The first kappa shape index (κ1) is 13.5. The third kappa shape index (κ3) is 2.54. The van der Waals surface area contributed by atoms with E-state index in [9.17, 15) is 4.79 Å². The van der Waals surface area contributed by atoms with E-state index < -0.39 is 0 Å². The molecule has 0 spiro atoms. The third-order valence-electron chi connectivity index (χ3n) is 4.85. The van der Waals surface area contributed by atoms with Gasteiger partial charge < -0.3 is 10.6 Å². The van der Waals surface area contributed by atoms with E-state index >= 15 is 0 Å². The lowest BCUT2D eigenvalue weighted by Gasteiger charge is -2.23. The molecule has 108 valence electrons. The van der Waals surface area contributed by atoms with Crippen LogP contribution in [0.3, 0.4) is 0 Å². The van der Waals surface area contributed by atoms with Crippen LogP contribution >= 0.6 is 0 Å². The number of nitrogen functional groups attached to an aromatic ring is 1. The predicted octanol–water partition coefficient (Wildman–Crippen LogP) is 3.05. The molecule has 20 heavy (non-hydrogen) atoms. The van der Waals surface area contributed by atoms with Crippen molar-refractivity contribution in [3.8, 4) is 0 Å². The number of rotatable bonds is 5. The van der Waals surface area contributed by atoms with Crippen molar-refractivity contribution in [3.05, 3.63) is 29.8 Å². The number of hydrogen-bond donors (Lipinski definition) is 1. The Balaban J connectivity index is 1.66. The monoisotopic (exact) mass is 272 g/mol. The molecule has 3 heteroatoms. The van der Waals surface area contributed by atoms with Crippen molar-refractivity contribution in [1.82, 2.24) is 4.90 Å². The highest BCUT2D eigenvalue weighted by Crippen LogP contribution is 2.58. The van der Waals surface area contributed by atoms with Gasteiger partial charge in [-0.1, -0.05) is 25.5 Å². The zero-order valence-electron chi connectivity index (χ0n) is 12.2. The fourth-order valence-electron chi connectivity index (χ4n) is 3.78. The number of anilines is 1. The Kier molecular flexibility index (Phi) is 3.68. The molecule has 0 aliphatic heterocycles. The average Bonchev–Trinajstić information content (AvgIpc) is 2.92. The lowest BCUT2D eigenvalue weighted by atomic mass is 10.1. The van der Waals surface area contributed by atoms with Gasteiger partial charge in [0.05, 0.1) is 0 Å². The van der Waals surface area contributed by atoms with Crippen LogP contribution < -0.4 is 5.73 Å². The molecule has 2 unspecified atom stereocenters. The highest BCUT2D eigenvalue weighted by atomic mass is 16.2. The Bertz CT molecular complexity index is 472. The molecule has 1 amide bonds. The Hall–Kier alpha value is -1.51. The van der Waals surface area contributed by atoms with E-state index in [0.29, 0.717) is 23.7 Å². The second kappa shape index (κ2) is 5.47. The molecule has 0 saturated heterocycles. The smallest absolute Gasteiger partial charge is 0.226 e. The summed E-state index contributed by atoms with van der Waals surface area (Å²) in [6.45, 7) is 3.72. The van der Waals surface area contributed by atoms with Gasteiger partial charge in [-0.15, -0.1) is 0 Å². The van der Waals surface area contributed by atoms with Crippen LogP contribution in [0.4, 0.5) is 5.69 Å². The fraction of sp³-hybridized carbons (Fsp3) is 0.588. The molecule has 1 aromatic carbocycles. The molecule has 0 aromatic heterocycles. The Morgan fingerprint density at radius 3 is 2.50 bits per heavy atom. The van der Waals surface area contributed by atoms with Gasteiger partial charge in [-0.3, -0.25) is 4.79 Å². The van der Waals surface area contributed by atoms with Gasteiger partial charge in [0.15, 0.2) is 0 Å². The van der Waals surface area contributed by atoms with E-state index in [4.69, 9.17) is 5.73 Å². The van der Waals surface area contributed by atoms with Gasteiger partial charge in [0.1, 0.15) is 0 Å². The molecule has 3 nitrogen and oxygen atoms in total. The lowest BCUT2D eigenvalue weighted by molar-refractivity contribution is -0.134. The minimum absolute atomic E-state index is 0.337. The fourth-order valence-corrected chi connectivity index (χ4v) is 3.78. The van der Waals surface area contributed by atoms with Crippen LogP contribution in [0.25, 0.3) is 0 Å². The second-order valence-electron chi connectivity index (χ2n) is 6.29. The van der Waals surface area contributed by atoms with Gasteiger partial charge in [-0.05, 0) is 48.8 Å². The van der Waals surface area contributed by atoms with Crippen LogP contribution in [0.15, 0.2) is 24.3 Å². The number of nitrogens with two attached hydrogens (primary N) is 1. The van der Waals surface area contributed by atoms with Gasteiger partial charge in [0.2, 0.25) is 5.91 Å². The molecule has 0 radical (unpaired) electrons. The molecular formula is C17H24N2O. The summed E-state index contributed by atoms with van der Waals surface area (Å²) in [7, 11) is 0. The number of benzene rings is 1. The summed E-state index contributed by atoms with van der Waals surface area (Å²) in [4.78, 5) is 14.7. The van der Waals surface area contributed by atoms with Gasteiger partial charge in [0.25, 0.3) is 0 Å². The first-order valence-electron chi connectivity index (χ1n) is 7.84. The van der Waals surface area contributed by atoms with Crippen LogP contribution in [-0.2, 0) is 11.3 Å². The topological polar surface area (TPSA) is 46.3 Å². The third-order valence-corrected chi connectivity index (χ3v) is 4.85. The molecule has 2 aliphatic carbocycles. The first-order valence-corrected chi connectivity index (χ1v) is 7.84. The molecule has 2 aliphatic rings. The predicted molar refractivity (Wildman–Crippen MR) is 80.9 cm³/mol. The Labute approximate surface area is 121 Å². The van der Waals surface area contributed by atoms with Crippen molar-refractivity contribution in [2.45, 2.75) is 39.2 Å². The van der Waals surface area contributed by atoms with Crippen LogP contribution in [0.2, 0.25) is 0 Å². The van der Waals surface area contributed by atoms with E-state index in [2.05, 4.69) is 11.8 Å². The molecule has 2 N–H and O–H groups in total. The van der Waals surface area contributed by atoms with Crippen molar-refractivity contribution in [1.29, 1.82) is 0 Å². The SMILES string of the molecule is CCCN(Cc1ccc(N)cc1)C(=O)C1C2CCCC21. The molecule has 2 saturated carbocycles. The summed E-state index contributed by atoms with van der Waals surface area (Å²) in [5.74, 6) is 2.13. The lowest BCUT2D eigenvalue weighted by Crippen LogP contribution is -2.33. The highest BCUT2D eigenvalue weighted by Gasteiger charge is 2.57. The second-order valence-corrected chi connectivity index (χ2v) is 6.29. The molecule has 2 fully saturated rings. The molecule has 0 heterocycles. The minimum atomic E-state index is 0.337. The maximum Gasteiger partial charge on any atom is 0.226 e. The number of carbonyl (C=O) groups excluding carboxylic acids is 1. The number of nitrogens with zero attached hydrogens (tertiary/aromatic N) is 1. The maximum absolute atomic E-state index is 12.7. The Morgan fingerprint density at radius 2 is 1.90 bits per heavy atom. The average molecular weight is 272 g/mol. The van der Waals surface area contributed by atoms with E-state index in [1.807, 2.05) is 24.3 Å². The number of hydrogen-bond acceptors (Lipinski definition) is 2. The summed E-state index contributed by atoms with van der Waals surface area (Å²) in [6.07, 6.45) is 4.87. The number of fused-ring (bicyclic) bond motifs is 1. The summed E-state index contributed by atoms with van der Waals surface area (Å²) in [6, 6.07) is 7.88. The summed E-state index contributed by atoms with van der Waals surface area (Å²) < 4.78 is 0. The van der Waals surface area contributed by atoms with Crippen LogP contribution in [0.5, 0.6) is 0 Å². The molecule has 0 bridgehead atoms. The van der Waals surface area contributed by atoms with E-state index in [0.717, 1.165) is 25.2 Å². The molecule has 3 rings (SSSR count). The first-order chi connectivity index (χ1) is 9.70. The van der Waals surface area contributed by atoms with Crippen molar-refractivity contribution in [2.75, 3.05) is 12.3 Å². The van der Waals surface area contributed by atoms with Crippen LogP contribution in [-0.4, -0.2) is 17.4 Å². The number of amides is 1. The summed E-state index contributed by atoms with van der Waals surface area (Å²) >= 11 is 0. The number of carbonyl (C=O) groups is 1. The standard InChI is InChI=1S/C17H24N2O/c1-2-10-19(11-12-6-8-13(18)9-7-12)17(20)16-14-4-3-5-15(14)16/h6-9,14-16H,2-5,10-11,18H2,1H3. The van der Waals surface area contributed by atoms with Gasteiger partial charge >= 0.3 is 0 Å². The zero-order chi connectivity index (χ0) is 14.1. The zero-order valence-corrected chi connectivity index (χ0v) is 12.2. The van der Waals surface area contributed by atoms with Crippen molar-refractivity contribution in [2.24, 2.45) is 17.8 Å². The van der Waals surface area contributed by atoms with E-state index in [1.165, 1.54) is 24.8 Å². The quantitative estimate of drug-likeness (QED) is 0.837. The minimum Gasteiger partial charge on any atom is -0.399 e. The van der Waals surface area contributed by atoms with Crippen LogP contribution in [0.1, 0.15) is 38.2 Å². The summed E-state index contributed by atoms with van der Waals surface area (Å²) in [5.41, 5.74) is 7.67. The summed E-state index contributed by atoms with van der Waals surface area (Å²) in [5, 5.41) is 0. The van der Waals surface area contributed by atoms with E-state index in [-0.39, 0.29) is 0 Å². The van der Waals surface area contributed by atoms with Crippen molar-refractivity contribution in [3.63, 3.8) is 0 Å². The highest BCUT2D eigenvalue weighted by molar-refractivity contribution is 5.82. The van der Waals surface area contributed by atoms with Gasteiger partial charge in [0, 0.05) is 24.7 Å². The van der Waals surface area contributed by atoms with Crippen LogP contribution in [0, 0.1) is 17.8 Å². The van der Waals surface area contributed by atoms with Gasteiger partial charge in [-0.2, -0.15) is 0 Å². The van der Waals surface area contributed by atoms with Crippen molar-refractivity contribution < 1.29 is 4.79 Å². The molecule has 1 aromatic rings. The normalized spacial score (nSPS) is 27.1. The van der Waals surface area contributed by atoms with E-state index in [1.54, 1.807) is 0 Å². The maximum atomic E-state index is 12.7. The van der Waals surface area contributed by atoms with Crippen molar-refractivity contribution >= 4 is 11.6 Å². The molecular weight excluding hydrogens is 248 g/mol. The Morgan fingerprint density at radius 1 is 1.25 bits per heavy atom. The largest absolute Gasteiger partial charge is 0.399 e.